The zero-order chi connectivity index (χ0) is 11.3. The van der Waals surface area contributed by atoms with E-state index in [4.69, 9.17) is 4.74 Å². The van der Waals surface area contributed by atoms with Crippen LogP contribution in [0, 0.1) is 0 Å². The lowest BCUT2D eigenvalue weighted by Crippen LogP contribution is -2.28. The van der Waals surface area contributed by atoms with Gasteiger partial charge in [-0.2, -0.15) is 0 Å². The normalized spacial score (nSPS) is 26.3. The minimum Gasteiger partial charge on any atom is -0.491 e. The average Bonchev–Trinajstić information content (AvgIpc) is 2.40. The average molecular weight is 208 g/mol. The fourth-order valence-corrected chi connectivity index (χ4v) is 1.70. The van der Waals surface area contributed by atoms with Crippen LogP contribution in [0.15, 0.2) is 28.5 Å². The van der Waals surface area contributed by atoms with E-state index in [9.17, 15) is 0 Å². The first kappa shape index (κ1) is 12.0. The Kier molecular flexibility index (Phi) is 4.56. The number of hydrogen-bond acceptors (Lipinski definition) is 3. The van der Waals surface area contributed by atoms with Gasteiger partial charge in [0.25, 0.3) is 0 Å². The molecule has 1 saturated heterocycles. The van der Waals surface area contributed by atoms with Gasteiger partial charge in [-0.1, -0.05) is 6.58 Å². The minimum atomic E-state index is 0.422. The van der Waals surface area contributed by atoms with Gasteiger partial charge in [-0.15, -0.1) is 0 Å². The Bertz CT molecular complexity index is 292. The topological polar surface area (TPSA) is 33.6 Å². The summed E-state index contributed by atoms with van der Waals surface area (Å²) in [5.74, 6) is 0.915. The van der Waals surface area contributed by atoms with E-state index in [1.165, 1.54) is 0 Å². The molecule has 1 atom stereocenters. The zero-order valence-electron chi connectivity index (χ0n) is 9.84. The molecule has 0 saturated carbocycles. The number of hydrogen-bond donors (Lipinski definition) is 1. The summed E-state index contributed by atoms with van der Waals surface area (Å²) in [6.07, 6.45) is 3.88. The van der Waals surface area contributed by atoms with Crippen LogP contribution in [0.3, 0.4) is 0 Å². The van der Waals surface area contributed by atoms with Crippen LogP contribution in [0.25, 0.3) is 0 Å². The maximum Gasteiger partial charge on any atom is 0.126 e. The Hall–Kier alpha value is -1.09. The SMILES string of the molecule is C=C1CC[C@@H](NC)CO/C1=C(\C)C=NC. The molecule has 0 aromatic rings. The van der Waals surface area contributed by atoms with Crippen molar-refractivity contribution in [2.75, 3.05) is 20.7 Å². The fourth-order valence-electron chi connectivity index (χ4n) is 1.70. The molecule has 1 heterocycles. The molecule has 3 nitrogen and oxygen atoms in total. The van der Waals surface area contributed by atoms with Crippen molar-refractivity contribution in [2.24, 2.45) is 4.99 Å². The monoisotopic (exact) mass is 208 g/mol. The van der Waals surface area contributed by atoms with Crippen molar-refractivity contribution in [3.8, 4) is 0 Å². The molecule has 1 aliphatic heterocycles. The van der Waals surface area contributed by atoms with Crippen molar-refractivity contribution in [2.45, 2.75) is 25.8 Å². The van der Waals surface area contributed by atoms with Crippen molar-refractivity contribution in [1.29, 1.82) is 0 Å². The largest absolute Gasteiger partial charge is 0.491 e. The Morgan fingerprint density at radius 2 is 2.40 bits per heavy atom. The number of allylic oxidation sites excluding steroid dienone is 2. The Morgan fingerprint density at radius 1 is 1.67 bits per heavy atom. The number of aliphatic imine (C=N–C) groups is 1. The van der Waals surface area contributed by atoms with Crippen LogP contribution in [0.4, 0.5) is 0 Å². The first-order valence-corrected chi connectivity index (χ1v) is 5.30. The van der Waals surface area contributed by atoms with Gasteiger partial charge < -0.3 is 10.1 Å². The molecule has 0 unspecified atom stereocenters. The van der Waals surface area contributed by atoms with Crippen molar-refractivity contribution < 1.29 is 4.74 Å². The molecule has 1 fully saturated rings. The van der Waals surface area contributed by atoms with Crippen LogP contribution in [-0.4, -0.2) is 33.0 Å². The highest BCUT2D eigenvalue weighted by molar-refractivity contribution is 5.79. The van der Waals surface area contributed by atoms with Crippen LogP contribution in [0.5, 0.6) is 0 Å². The summed E-state index contributed by atoms with van der Waals surface area (Å²) in [4.78, 5) is 4.00. The van der Waals surface area contributed by atoms with Crippen molar-refractivity contribution >= 4 is 6.21 Å². The molecule has 0 aromatic heterocycles. The number of nitrogens with one attached hydrogen (secondary N) is 1. The highest BCUT2D eigenvalue weighted by Crippen LogP contribution is 2.23. The first-order chi connectivity index (χ1) is 7.19. The van der Waals surface area contributed by atoms with Crippen molar-refractivity contribution in [1.82, 2.24) is 5.32 Å². The second-order valence-corrected chi connectivity index (χ2v) is 3.84. The maximum absolute atomic E-state index is 5.76. The lowest BCUT2D eigenvalue weighted by Gasteiger charge is -2.13. The molecular formula is C12H20N2O. The molecule has 0 aliphatic carbocycles. The van der Waals surface area contributed by atoms with Crippen molar-refractivity contribution in [3.05, 3.63) is 23.5 Å². The number of likely N-dealkylation sites (N-methyl/N-ethyl adjacent to an activating group) is 1. The summed E-state index contributed by atoms with van der Waals surface area (Å²) >= 11 is 0. The molecule has 1 N–H and O–H groups in total. The smallest absolute Gasteiger partial charge is 0.126 e. The van der Waals surface area contributed by atoms with Gasteiger partial charge in [-0.05, 0) is 32.4 Å². The van der Waals surface area contributed by atoms with Gasteiger partial charge in [-0.25, -0.2) is 0 Å². The molecule has 1 rings (SSSR count). The van der Waals surface area contributed by atoms with Gasteiger partial charge in [0.1, 0.15) is 12.4 Å². The predicted molar refractivity (Wildman–Crippen MR) is 64.3 cm³/mol. The van der Waals surface area contributed by atoms with E-state index >= 15 is 0 Å². The van der Waals surface area contributed by atoms with Gasteiger partial charge in [0, 0.05) is 24.9 Å². The van der Waals surface area contributed by atoms with E-state index in [0.29, 0.717) is 12.6 Å². The quantitative estimate of drug-likeness (QED) is 0.703. The molecule has 84 valence electrons. The van der Waals surface area contributed by atoms with Gasteiger partial charge in [0.05, 0.1) is 0 Å². The van der Waals surface area contributed by atoms with Crippen LogP contribution in [-0.2, 0) is 4.74 Å². The van der Waals surface area contributed by atoms with Crippen LogP contribution in [0.2, 0.25) is 0 Å². The van der Waals surface area contributed by atoms with Gasteiger partial charge >= 0.3 is 0 Å². The predicted octanol–water partition coefficient (Wildman–Crippen LogP) is 1.92. The van der Waals surface area contributed by atoms with Crippen molar-refractivity contribution in [3.63, 3.8) is 0 Å². The molecule has 0 amide bonds. The fraction of sp³-hybridized carbons (Fsp3) is 0.583. The van der Waals surface area contributed by atoms with E-state index in [0.717, 1.165) is 29.7 Å². The third kappa shape index (κ3) is 3.20. The summed E-state index contributed by atoms with van der Waals surface area (Å²) in [5, 5.41) is 3.23. The molecule has 15 heavy (non-hydrogen) atoms. The van der Waals surface area contributed by atoms with E-state index in [1.807, 2.05) is 20.2 Å². The second kappa shape index (κ2) is 5.71. The molecule has 0 radical (unpaired) electrons. The maximum atomic E-state index is 5.76. The third-order valence-electron chi connectivity index (χ3n) is 2.63. The number of nitrogens with zero attached hydrogens (tertiary/aromatic N) is 1. The third-order valence-corrected chi connectivity index (χ3v) is 2.63. The lowest BCUT2D eigenvalue weighted by molar-refractivity contribution is 0.196. The summed E-state index contributed by atoms with van der Waals surface area (Å²) in [7, 11) is 3.73. The Labute approximate surface area is 91.9 Å². The van der Waals surface area contributed by atoms with E-state index in [1.54, 1.807) is 7.05 Å². The van der Waals surface area contributed by atoms with E-state index < -0.39 is 0 Å². The summed E-state index contributed by atoms with van der Waals surface area (Å²) in [6.45, 7) is 6.77. The number of ether oxygens (including phenoxy) is 1. The van der Waals surface area contributed by atoms with Gasteiger partial charge in [0.2, 0.25) is 0 Å². The second-order valence-electron chi connectivity index (χ2n) is 3.84. The lowest BCUT2D eigenvalue weighted by atomic mass is 10.1. The summed E-state index contributed by atoms with van der Waals surface area (Å²) in [6, 6.07) is 0.422. The summed E-state index contributed by atoms with van der Waals surface area (Å²) in [5.41, 5.74) is 2.13. The minimum absolute atomic E-state index is 0.422. The Morgan fingerprint density at radius 3 is 3.00 bits per heavy atom. The molecule has 0 spiro atoms. The molecule has 3 heteroatoms. The molecule has 1 aliphatic rings. The Balaban J connectivity index is 2.82. The summed E-state index contributed by atoms with van der Waals surface area (Å²) < 4.78 is 5.76. The van der Waals surface area contributed by atoms with Gasteiger partial charge in [-0.3, -0.25) is 4.99 Å². The molecular weight excluding hydrogens is 188 g/mol. The van der Waals surface area contributed by atoms with Crippen LogP contribution < -0.4 is 5.32 Å². The van der Waals surface area contributed by atoms with Crippen LogP contribution >= 0.6 is 0 Å². The zero-order valence-corrected chi connectivity index (χ0v) is 9.84. The first-order valence-electron chi connectivity index (χ1n) is 5.30. The molecule has 0 aromatic carbocycles. The van der Waals surface area contributed by atoms with E-state index in [-0.39, 0.29) is 0 Å². The van der Waals surface area contributed by atoms with E-state index in [2.05, 4.69) is 16.9 Å². The van der Waals surface area contributed by atoms with Gasteiger partial charge in [0.15, 0.2) is 0 Å². The standard InChI is InChI=1S/C12H20N2O/c1-9-5-6-11(14-4)8-15-12(9)10(2)7-13-3/h7,11,14H,1,5-6,8H2,2-4H3/b12-10+,13-7?/t11-/m1/s1. The highest BCUT2D eigenvalue weighted by Gasteiger charge is 2.17. The van der Waals surface area contributed by atoms with Crippen LogP contribution in [0.1, 0.15) is 19.8 Å². The highest BCUT2D eigenvalue weighted by atomic mass is 16.5. The number of rotatable bonds is 2. The molecule has 0 bridgehead atoms.